The maximum atomic E-state index is 2.55. The molecule has 0 amide bonds. The summed E-state index contributed by atoms with van der Waals surface area (Å²) in [6.07, 6.45) is 6.48. The quantitative estimate of drug-likeness (QED) is 0.691. The first-order chi connectivity index (χ1) is 8.93. The summed E-state index contributed by atoms with van der Waals surface area (Å²) < 4.78 is 0. The van der Waals surface area contributed by atoms with Crippen molar-refractivity contribution in [3.05, 3.63) is 78.2 Å². The summed E-state index contributed by atoms with van der Waals surface area (Å²) in [6, 6.07) is 21.8. The van der Waals surface area contributed by atoms with Crippen molar-refractivity contribution in [1.29, 1.82) is 0 Å². The van der Waals surface area contributed by atoms with Crippen molar-refractivity contribution in [1.82, 2.24) is 0 Å². The van der Waals surface area contributed by atoms with E-state index in [-0.39, 0.29) is 0 Å². The summed E-state index contributed by atoms with van der Waals surface area (Å²) in [5.41, 5.74) is 2.94. The largest absolute Gasteiger partial charge is 0.0622 e. The fraction of sp³-hybridized carbons (Fsp3) is 0.278. The first-order valence-corrected chi connectivity index (χ1v) is 6.88. The van der Waals surface area contributed by atoms with Gasteiger partial charge in [-0.25, -0.2) is 0 Å². The van der Waals surface area contributed by atoms with Gasteiger partial charge in [-0.2, -0.15) is 0 Å². The molecular formula is C18H19. The minimum Gasteiger partial charge on any atom is -0.0622 e. The molecule has 2 aromatic carbocycles. The van der Waals surface area contributed by atoms with E-state index in [9.17, 15) is 0 Å². The average Bonchev–Trinajstić information content (AvgIpc) is 2.49. The Balaban J connectivity index is 1.77. The first-order valence-electron chi connectivity index (χ1n) is 6.88. The van der Waals surface area contributed by atoms with Crippen LogP contribution >= 0.6 is 0 Å². The minimum absolute atomic E-state index is 0.630. The van der Waals surface area contributed by atoms with E-state index in [4.69, 9.17) is 0 Å². The lowest BCUT2D eigenvalue weighted by Crippen LogP contribution is -2.13. The molecule has 0 bridgehead atoms. The van der Waals surface area contributed by atoms with E-state index in [0.29, 0.717) is 11.8 Å². The SMILES string of the molecule is [CH]1C(c2ccccc2)CCCC1c1ccccc1. The molecule has 1 saturated carbocycles. The highest BCUT2D eigenvalue weighted by molar-refractivity contribution is 5.29. The molecular weight excluding hydrogens is 216 g/mol. The van der Waals surface area contributed by atoms with Crippen LogP contribution in [0.2, 0.25) is 0 Å². The molecule has 3 rings (SSSR count). The van der Waals surface area contributed by atoms with Gasteiger partial charge in [0.1, 0.15) is 0 Å². The van der Waals surface area contributed by atoms with Gasteiger partial charge < -0.3 is 0 Å². The van der Waals surface area contributed by atoms with Gasteiger partial charge in [-0.3, -0.25) is 0 Å². The van der Waals surface area contributed by atoms with Crippen LogP contribution in [0, 0.1) is 6.42 Å². The second-order valence-corrected chi connectivity index (χ2v) is 5.16. The van der Waals surface area contributed by atoms with Crippen molar-refractivity contribution in [2.75, 3.05) is 0 Å². The normalized spacial score (nSPS) is 23.8. The molecule has 0 aliphatic heterocycles. The molecule has 2 aromatic rings. The van der Waals surface area contributed by atoms with Gasteiger partial charge in [0.25, 0.3) is 0 Å². The highest BCUT2D eigenvalue weighted by Gasteiger charge is 2.24. The van der Waals surface area contributed by atoms with Gasteiger partial charge >= 0.3 is 0 Å². The molecule has 91 valence electrons. The first kappa shape index (κ1) is 11.5. The molecule has 1 fully saturated rings. The van der Waals surface area contributed by atoms with Gasteiger partial charge in [0.2, 0.25) is 0 Å². The Kier molecular flexibility index (Phi) is 3.45. The van der Waals surface area contributed by atoms with Gasteiger partial charge in [0.05, 0.1) is 0 Å². The van der Waals surface area contributed by atoms with E-state index in [1.165, 1.54) is 30.4 Å². The molecule has 2 unspecified atom stereocenters. The van der Waals surface area contributed by atoms with Crippen LogP contribution in [-0.2, 0) is 0 Å². The summed E-state index contributed by atoms with van der Waals surface area (Å²) in [5.74, 6) is 1.26. The fourth-order valence-corrected chi connectivity index (χ4v) is 2.99. The third-order valence-electron chi connectivity index (χ3n) is 3.95. The maximum absolute atomic E-state index is 2.55. The molecule has 1 aliphatic rings. The Hall–Kier alpha value is -1.56. The zero-order chi connectivity index (χ0) is 12.2. The zero-order valence-electron chi connectivity index (χ0n) is 10.6. The smallest absolute Gasteiger partial charge is 0.0125 e. The lowest BCUT2D eigenvalue weighted by atomic mass is 9.75. The van der Waals surface area contributed by atoms with Crippen LogP contribution in [0.3, 0.4) is 0 Å². The Morgan fingerprint density at radius 2 is 1.06 bits per heavy atom. The van der Waals surface area contributed by atoms with E-state index in [0.717, 1.165) is 0 Å². The van der Waals surface area contributed by atoms with Crippen LogP contribution in [-0.4, -0.2) is 0 Å². The molecule has 0 nitrogen and oxygen atoms in total. The second kappa shape index (κ2) is 5.39. The predicted octanol–water partition coefficient (Wildman–Crippen LogP) is 4.94. The number of hydrogen-bond donors (Lipinski definition) is 0. The number of hydrogen-bond acceptors (Lipinski definition) is 0. The van der Waals surface area contributed by atoms with Gasteiger partial charge in [-0.1, -0.05) is 67.1 Å². The van der Waals surface area contributed by atoms with Crippen LogP contribution < -0.4 is 0 Å². The Bertz CT molecular complexity index is 426. The van der Waals surface area contributed by atoms with Crippen molar-refractivity contribution in [3.63, 3.8) is 0 Å². The summed E-state index contributed by atoms with van der Waals surface area (Å²) in [5, 5.41) is 0. The molecule has 0 spiro atoms. The third kappa shape index (κ3) is 2.48. The van der Waals surface area contributed by atoms with Crippen molar-refractivity contribution >= 4 is 0 Å². The molecule has 1 radical (unpaired) electrons. The van der Waals surface area contributed by atoms with Gasteiger partial charge in [-0.05, 0) is 42.2 Å². The van der Waals surface area contributed by atoms with Crippen LogP contribution in [0.5, 0.6) is 0 Å². The van der Waals surface area contributed by atoms with E-state index in [1.54, 1.807) is 0 Å². The van der Waals surface area contributed by atoms with Gasteiger partial charge in [0.15, 0.2) is 0 Å². The highest BCUT2D eigenvalue weighted by atomic mass is 14.3. The van der Waals surface area contributed by atoms with Gasteiger partial charge in [0, 0.05) is 0 Å². The summed E-state index contributed by atoms with van der Waals surface area (Å²) >= 11 is 0. The Morgan fingerprint density at radius 1 is 0.611 bits per heavy atom. The van der Waals surface area contributed by atoms with E-state index < -0.39 is 0 Å². The minimum atomic E-state index is 0.630. The molecule has 0 aromatic heterocycles. The molecule has 0 saturated heterocycles. The molecule has 18 heavy (non-hydrogen) atoms. The van der Waals surface area contributed by atoms with Crippen molar-refractivity contribution in [2.24, 2.45) is 0 Å². The van der Waals surface area contributed by atoms with E-state index in [1.807, 2.05) is 0 Å². The summed E-state index contributed by atoms with van der Waals surface area (Å²) in [4.78, 5) is 0. The fourth-order valence-electron chi connectivity index (χ4n) is 2.99. The summed E-state index contributed by atoms with van der Waals surface area (Å²) in [7, 11) is 0. The second-order valence-electron chi connectivity index (χ2n) is 5.16. The van der Waals surface area contributed by atoms with E-state index in [2.05, 4.69) is 67.1 Å². The van der Waals surface area contributed by atoms with Crippen LogP contribution in [0.1, 0.15) is 42.2 Å². The maximum Gasteiger partial charge on any atom is -0.0125 e. The van der Waals surface area contributed by atoms with Crippen LogP contribution in [0.25, 0.3) is 0 Å². The Morgan fingerprint density at radius 3 is 1.50 bits per heavy atom. The molecule has 0 heteroatoms. The zero-order valence-corrected chi connectivity index (χ0v) is 10.6. The molecule has 0 N–H and O–H groups in total. The predicted molar refractivity (Wildman–Crippen MR) is 76.5 cm³/mol. The lowest BCUT2D eigenvalue weighted by Gasteiger charge is -2.29. The number of benzene rings is 2. The topological polar surface area (TPSA) is 0 Å². The van der Waals surface area contributed by atoms with Crippen molar-refractivity contribution in [2.45, 2.75) is 31.1 Å². The number of rotatable bonds is 2. The van der Waals surface area contributed by atoms with Crippen LogP contribution in [0.15, 0.2) is 60.7 Å². The van der Waals surface area contributed by atoms with Crippen LogP contribution in [0.4, 0.5) is 0 Å². The standard InChI is InChI=1S/C18H19/c1-3-8-15(9-4-1)17-12-7-13-18(14-17)16-10-5-2-6-11-16/h1-6,8-11,14,17-18H,7,12-13H2. The molecule has 0 heterocycles. The van der Waals surface area contributed by atoms with E-state index >= 15 is 0 Å². The van der Waals surface area contributed by atoms with Gasteiger partial charge in [-0.15, -0.1) is 0 Å². The Labute approximate surface area is 110 Å². The van der Waals surface area contributed by atoms with Crippen molar-refractivity contribution in [3.8, 4) is 0 Å². The third-order valence-corrected chi connectivity index (χ3v) is 3.95. The average molecular weight is 235 g/mol. The molecule has 2 atom stereocenters. The van der Waals surface area contributed by atoms with Crippen molar-refractivity contribution < 1.29 is 0 Å². The summed E-state index contributed by atoms with van der Waals surface area (Å²) in [6.45, 7) is 0. The monoisotopic (exact) mass is 235 g/mol. The lowest BCUT2D eigenvalue weighted by molar-refractivity contribution is 0.486. The highest BCUT2D eigenvalue weighted by Crippen LogP contribution is 2.40. The molecule has 1 aliphatic carbocycles.